The number of rotatable bonds is 6. The Kier molecular flexibility index (Phi) is 6.16. The number of halogens is 1. The van der Waals surface area contributed by atoms with E-state index in [4.69, 9.17) is 18.9 Å². The number of benzene rings is 2. The zero-order chi connectivity index (χ0) is 19.2. The molecule has 4 atom stereocenters. The van der Waals surface area contributed by atoms with Gasteiger partial charge in [-0.25, -0.2) is 14.0 Å². The van der Waals surface area contributed by atoms with E-state index in [1.54, 1.807) is 60.7 Å². The van der Waals surface area contributed by atoms with Gasteiger partial charge in [0, 0.05) is 7.11 Å². The number of hydrogen-bond acceptors (Lipinski definition) is 6. The zero-order valence-electron chi connectivity index (χ0n) is 14.6. The third kappa shape index (κ3) is 4.50. The van der Waals surface area contributed by atoms with Gasteiger partial charge >= 0.3 is 11.9 Å². The number of ether oxygens (including phenoxy) is 4. The van der Waals surface area contributed by atoms with Gasteiger partial charge in [-0.2, -0.15) is 0 Å². The van der Waals surface area contributed by atoms with Crippen LogP contribution in [0, 0.1) is 0 Å². The molecule has 0 N–H and O–H groups in total. The van der Waals surface area contributed by atoms with E-state index in [9.17, 15) is 14.0 Å². The van der Waals surface area contributed by atoms with Crippen LogP contribution in [0.3, 0.4) is 0 Å². The normalized spacial score (nSPS) is 24.4. The van der Waals surface area contributed by atoms with Crippen molar-refractivity contribution in [3.05, 3.63) is 71.8 Å². The molecule has 1 saturated heterocycles. The molecule has 7 heteroatoms. The summed E-state index contributed by atoms with van der Waals surface area (Å²) in [5.74, 6) is -1.27. The second kappa shape index (κ2) is 8.75. The summed E-state index contributed by atoms with van der Waals surface area (Å²) >= 11 is 0. The van der Waals surface area contributed by atoms with Gasteiger partial charge in [0.2, 0.25) is 0 Å². The number of alkyl halides is 1. The summed E-state index contributed by atoms with van der Waals surface area (Å²) in [4.78, 5) is 24.3. The highest BCUT2D eigenvalue weighted by Gasteiger charge is 2.48. The summed E-state index contributed by atoms with van der Waals surface area (Å²) in [6.45, 7) is -0.277. The van der Waals surface area contributed by atoms with Gasteiger partial charge < -0.3 is 18.9 Å². The van der Waals surface area contributed by atoms with Gasteiger partial charge in [0.25, 0.3) is 0 Å². The second-order valence-electron chi connectivity index (χ2n) is 5.92. The van der Waals surface area contributed by atoms with Gasteiger partial charge in [0.05, 0.1) is 11.1 Å². The molecule has 142 valence electrons. The fraction of sp³-hybridized carbons (Fsp3) is 0.300. The van der Waals surface area contributed by atoms with Crippen molar-refractivity contribution in [2.24, 2.45) is 0 Å². The molecule has 1 aliphatic rings. The molecule has 0 aromatic heterocycles. The van der Waals surface area contributed by atoms with Gasteiger partial charge in [-0.3, -0.25) is 0 Å². The number of methoxy groups -OCH3 is 1. The van der Waals surface area contributed by atoms with Crippen LogP contribution in [0.4, 0.5) is 4.39 Å². The zero-order valence-corrected chi connectivity index (χ0v) is 14.6. The van der Waals surface area contributed by atoms with Gasteiger partial charge in [-0.15, -0.1) is 0 Å². The van der Waals surface area contributed by atoms with Crippen molar-refractivity contribution in [3.8, 4) is 0 Å². The summed E-state index contributed by atoms with van der Waals surface area (Å²) in [6, 6.07) is 16.6. The third-order valence-electron chi connectivity index (χ3n) is 4.12. The fourth-order valence-corrected chi connectivity index (χ4v) is 2.73. The monoisotopic (exact) mass is 374 g/mol. The summed E-state index contributed by atoms with van der Waals surface area (Å²) < 4.78 is 35.4. The van der Waals surface area contributed by atoms with Gasteiger partial charge in [0.15, 0.2) is 18.6 Å². The molecule has 0 unspecified atom stereocenters. The lowest BCUT2D eigenvalue weighted by atomic mass is 10.1. The van der Waals surface area contributed by atoms with E-state index >= 15 is 0 Å². The summed E-state index contributed by atoms with van der Waals surface area (Å²) in [7, 11) is 1.28. The third-order valence-corrected chi connectivity index (χ3v) is 4.12. The van der Waals surface area contributed by atoms with Crippen LogP contribution in [0.1, 0.15) is 20.7 Å². The van der Waals surface area contributed by atoms with Crippen molar-refractivity contribution >= 4 is 11.9 Å². The Morgan fingerprint density at radius 1 is 0.963 bits per heavy atom. The first-order valence-corrected chi connectivity index (χ1v) is 8.40. The minimum Gasteiger partial charge on any atom is -0.459 e. The van der Waals surface area contributed by atoms with Crippen LogP contribution < -0.4 is 0 Å². The van der Waals surface area contributed by atoms with Crippen molar-refractivity contribution in [2.75, 3.05) is 13.7 Å². The molecular weight excluding hydrogens is 355 g/mol. The predicted molar refractivity (Wildman–Crippen MR) is 92.9 cm³/mol. The Morgan fingerprint density at radius 2 is 1.52 bits per heavy atom. The number of hydrogen-bond donors (Lipinski definition) is 0. The maximum atomic E-state index is 14.6. The maximum absolute atomic E-state index is 14.6. The highest BCUT2D eigenvalue weighted by atomic mass is 19.1. The van der Waals surface area contributed by atoms with Crippen molar-refractivity contribution in [1.82, 2.24) is 0 Å². The summed E-state index contributed by atoms with van der Waals surface area (Å²) in [5, 5.41) is 0. The molecule has 0 radical (unpaired) electrons. The van der Waals surface area contributed by atoms with Gasteiger partial charge in [0.1, 0.15) is 12.7 Å². The SMILES string of the molecule is CO[C@@H]1O[C@H](COC(=O)c2ccccc2)[C@H](OC(=O)c2ccccc2)[C@H]1F. The molecule has 0 amide bonds. The van der Waals surface area contributed by atoms with Crippen LogP contribution in [-0.2, 0) is 18.9 Å². The highest BCUT2D eigenvalue weighted by molar-refractivity contribution is 5.90. The molecule has 1 aliphatic heterocycles. The maximum Gasteiger partial charge on any atom is 0.338 e. The Morgan fingerprint density at radius 3 is 2.07 bits per heavy atom. The Bertz CT molecular complexity index is 767. The first-order valence-electron chi connectivity index (χ1n) is 8.40. The molecule has 27 heavy (non-hydrogen) atoms. The van der Waals surface area contributed by atoms with Crippen LogP contribution in [-0.4, -0.2) is 50.3 Å². The van der Waals surface area contributed by atoms with E-state index in [1.165, 1.54) is 7.11 Å². The molecule has 0 saturated carbocycles. The van der Waals surface area contributed by atoms with Crippen LogP contribution in [0.25, 0.3) is 0 Å². The standard InChI is InChI=1S/C20H19FO6/c1-24-20-16(21)17(27-19(23)14-10-6-3-7-11-14)15(26-20)12-25-18(22)13-8-4-2-5-9-13/h2-11,15-17,20H,12H2,1H3/t15-,16-,17+,20-/m1/s1. The Labute approximate surface area is 155 Å². The first-order chi connectivity index (χ1) is 13.1. The van der Waals surface area contributed by atoms with E-state index in [0.29, 0.717) is 5.56 Å². The molecule has 3 rings (SSSR count). The van der Waals surface area contributed by atoms with Crippen LogP contribution >= 0.6 is 0 Å². The first kappa shape index (κ1) is 19.0. The summed E-state index contributed by atoms with van der Waals surface area (Å²) in [5.41, 5.74) is 0.638. The van der Waals surface area contributed by atoms with Crippen LogP contribution in [0.15, 0.2) is 60.7 Å². The van der Waals surface area contributed by atoms with E-state index in [0.717, 1.165) is 0 Å². The van der Waals surface area contributed by atoms with Crippen LogP contribution in [0.2, 0.25) is 0 Å². The van der Waals surface area contributed by atoms with Crippen molar-refractivity contribution in [1.29, 1.82) is 0 Å². The van der Waals surface area contributed by atoms with E-state index in [1.807, 2.05) is 0 Å². The van der Waals surface area contributed by atoms with Gasteiger partial charge in [-0.1, -0.05) is 36.4 Å². The molecule has 1 fully saturated rings. The number of carbonyl (C=O) groups is 2. The smallest absolute Gasteiger partial charge is 0.338 e. The molecule has 0 aliphatic carbocycles. The quantitative estimate of drug-likeness (QED) is 0.724. The fourth-order valence-electron chi connectivity index (χ4n) is 2.73. The van der Waals surface area contributed by atoms with Crippen molar-refractivity contribution in [3.63, 3.8) is 0 Å². The lowest BCUT2D eigenvalue weighted by molar-refractivity contribution is -0.142. The van der Waals surface area contributed by atoms with E-state index in [2.05, 4.69) is 0 Å². The van der Waals surface area contributed by atoms with Gasteiger partial charge in [-0.05, 0) is 24.3 Å². The topological polar surface area (TPSA) is 71.1 Å². The Balaban J connectivity index is 1.66. The molecule has 0 spiro atoms. The average molecular weight is 374 g/mol. The molecule has 2 aromatic carbocycles. The highest BCUT2D eigenvalue weighted by Crippen LogP contribution is 2.28. The molecular formula is C20H19FO6. The van der Waals surface area contributed by atoms with E-state index in [-0.39, 0.29) is 12.2 Å². The molecule has 6 nitrogen and oxygen atoms in total. The molecule has 2 aromatic rings. The predicted octanol–water partition coefficient (Wildman–Crippen LogP) is 2.78. The number of esters is 2. The largest absolute Gasteiger partial charge is 0.459 e. The molecule has 1 heterocycles. The average Bonchev–Trinajstić information content (AvgIpc) is 3.02. The minimum absolute atomic E-state index is 0.277. The second-order valence-corrected chi connectivity index (χ2v) is 5.92. The van der Waals surface area contributed by atoms with E-state index < -0.39 is 36.6 Å². The lowest BCUT2D eigenvalue weighted by Crippen LogP contribution is -2.37. The lowest BCUT2D eigenvalue weighted by Gasteiger charge is -2.19. The summed E-state index contributed by atoms with van der Waals surface area (Å²) in [6.07, 6.45) is -5.15. The number of carbonyl (C=O) groups excluding carboxylic acids is 2. The van der Waals surface area contributed by atoms with Crippen molar-refractivity contribution in [2.45, 2.75) is 24.7 Å². The van der Waals surface area contributed by atoms with Crippen LogP contribution in [0.5, 0.6) is 0 Å². The Hall–Kier alpha value is -2.77. The minimum atomic E-state index is -1.71. The molecule has 0 bridgehead atoms. The van der Waals surface area contributed by atoms with Crippen molar-refractivity contribution < 1.29 is 32.9 Å².